The van der Waals surface area contributed by atoms with Gasteiger partial charge >= 0.3 is 0 Å². The molecule has 0 radical (unpaired) electrons. The van der Waals surface area contributed by atoms with Crippen molar-refractivity contribution in [2.75, 3.05) is 11.9 Å². The van der Waals surface area contributed by atoms with Gasteiger partial charge < -0.3 is 10.1 Å². The summed E-state index contributed by atoms with van der Waals surface area (Å²) in [7, 11) is 0. The minimum atomic E-state index is -0.558. The summed E-state index contributed by atoms with van der Waals surface area (Å²) < 4.78 is 18.6. The molecule has 0 aliphatic rings. The Morgan fingerprint density at radius 1 is 1.24 bits per heavy atom. The van der Waals surface area contributed by atoms with Crippen LogP contribution in [-0.2, 0) is 4.79 Å². The molecule has 0 spiro atoms. The third kappa shape index (κ3) is 3.79. The van der Waals surface area contributed by atoms with Crippen molar-refractivity contribution in [3.8, 4) is 5.75 Å². The van der Waals surface area contributed by atoms with Crippen molar-refractivity contribution >= 4 is 29.5 Å². The molecule has 2 aromatic carbocycles. The molecule has 1 N–H and O–H groups in total. The fourth-order valence-corrected chi connectivity index (χ4v) is 1.89. The Bertz CT molecular complexity index is 676. The summed E-state index contributed by atoms with van der Waals surface area (Å²) in [5.41, 5.74) is 0.294. The molecular weight excluding hydrogens is 297 g/mol. The number of rotatable bonds is 5. The van der Waals surface area contributed by atoms with E-state index in [1.54, 1.807) is 18.2 Å². The number of carbonyl (C=O) groups is 2. The second-order valence-corrected chi connectivity index (χ2v) is 4.50. The number of amides is 1. The standard InChI is InChI=1S/C15H11ClFNO3/c16-11-5-3-4-10(8-19)15(11)21-9-14(20)18-13-7-2-1-6-12(13)17/h1-8H,9H2,(H,18,20). The third-order valence-electron chi connectivity index (χ3n) is 2.62. The molecule has 0 bridgehead atoms. The average Bonchev–Trinajstić information content (AvgIpc) is 2.48. The first-order valence-electron chi connectivity index (χ1n) is 6.02. The van der Waals surface area contributed by atoms with Crippen molar-refractivity contribution in [3.05, 3.63) is 58.9 Å². The summed E-state index contributed by atoms with van der Waals surface area (Å²) in [6.07, 6.45) is 0.579. The van der Waals surface area contributed by atoms with Crippen LogP contribution in [0.25, 0.3) is 0 Å². The van der Waals surface area contributed by atoms with Gasteiger partial charge in [0.05, 0.1) is 16.3 Å². The Hall–Kier alpha value is -2.40. The Kier molecular flexibility index (Phi) is 4.90. The smallest absolute Gasteiger partial charge is 0.262 e. The zero-order chi connectivity index (χ0) is 15.2. The topological polar surface area (TPSA) is 55.4 Å². The first kappa shape index (κ1) is 15.0. The minimum Gasteiger partial charge on any atom is -0.481 e. The molecule has 4 nitrogen and oxygen atoms in total. The molecule has 0 aliphatic heterocycles. The van der Waals surface area contributed by atoms with E-state index < -0.39 is 11.7 Å². The van der Waals surface area contributed by atoms with Gasteiger partial charge in [0.1, 0.15) is 11.6 Å². The zero-order valence-electron chi connectivity index (χ0n) is 10.8. The van der Waals surface area contributed by atoms with Crippen molar-refractivity contribution in [2.24, 2.45) is 0 Å². The lowest BCUT2D eigenvalue weighted by molar-refractivity contribution is -0.118. The largest absolute Gasteiger partial charge is 0.481 e. The molecule has 1 amide bonds. The first-order chi connectivity index (χ1) is 10.1. The number of benzene rings is 2. The van der Waals surface area contributed by atoms with Crippen LogP contribution in [0.3, 0.4) is 0 Å². The normalized spacial score (nSPS) is 10.0. The molecule has 0 heterocycles. The third-order valence-corrected chi connectivity index (χ3v) is 2.92. The maximum Gasteiger partial charge on any atom is 0.262 e. The lowest BCUT2D eigenvalue weighted by Crippen LogP contribution is -2.21. The molecule has 0 aromatic heterocycles. The van der Waals surface area contributed by atoms with Gasteiger partial charge in [0.25, 0.3) is 5.91 Å². The SMILES string of the molecule is O=Cc1cccc(Cl)c1OCC(=O)Nc1ccccc1F. The summed E-state index contributed by atoms with van der Waals surface area (Å²) in [6.45, 7) is -0.390. The zero-order valence-corrected chi connectivity index (χ0v) is 11.6. The van der Waals surface area contributed by atoms with Gasteiger partial charge in [-0.25, -0.2) is 4.39 Å². The first-order valence-corrected chi connectivity index (χ1v) is 6.40. The number of halogens is 2. The molecule has 0 unspecified atom stereocenters. The van der Waals surface area contributed by atoms with Gasteiger partial charge in [-0.1, -0.05) is 29.8 Å². The fraction of sp³-hybridized carbons (Fsp3) is 0.0667. The van der Waals surface area contributed by atoms with Crippen molar-refractivity contribution in [1.29, 1.82) is 0 Å². The summed E-state index contributed by atoms with van der Waals surface area (Å²) in [4.78, 5) is 22.6. The van der Waals surface area contributed by atoms with E-state index in [0.717, 1.165) is 0 Å². The molecule has 0 aliphatic carbocycles. The van der Waals surface area contributed by atoms with E-state index in [1.165, 1.54) is 24.3 Å². The highest BCUT2D eigenvalue weighted by Gasteiger charge is 2.11. The number of hydrogen-bond donors (Lipinski definition) is 1. The van der Waals surface area contributed by atoms with E-state index >= 15 is 0 Å². The average molecular weight is 308 g/mol. The van der Waals surface area contributed by atoms with E-state index in [2.05, 4.69) is 5.32 Å². The molecule has 0 saturated carbocycles. The molecule has 21 heavy (non-hydrogen) atoms. The van der Waals surface area contributed by atoms with Gasteiger partial charge in [0.2, 0.25) is 0 Å². The lowest BCUT2D eigenvalue weighted by atomic mass is 10.2. The lowest BCUT2D eigenvalue weighted by Gasteiger charge is -2.10. The monoisotopic (exact) mass is 307 g/mol. The van der Waals surface area contributed by atoms with Gasteiger partial charge in [-0.2, -0.15) is 0 Å². The van der Waals surface area contributed by atoms with Gasteiger partial charge in [-0.15, -0.1) is 0 Å². The van der Waals surface area contributed by atoms with Crippen molar-refractivity contribution in [1.82, 2.24) is 0 Å². The molecule has 0 saturated heterocycles. The molecule has 2 rings (SSSR count). The molecule has 0 fully saturated rings. The van der Waals surface area contributed by atoms with E-state index in [0.29, 0.717) is 6.29 Å². The van der Waals surface area contributed by atoms with Crippen LogP contribution in [0.4, 0.5) is 10.1 Å². The summed E-state index contributed by atoms with van der Waals surface area (Å²) in [5.74, 6) is -0.980. The van der Waals surface area contributed by atoms with Crippen molar-refractivity contribution in [2.45, 2.75) is 0 Å². The number of anilines is 1. The van der Waals surface area contributed by atoms with Gasteiger partial charge in [0.15, 0.2) is 12.9 Å². The van der Waals surface area contributed by atoms with E-state index in [-0.39, 0.29) is 28.6 Å². The number of ether oxygens (including phenoxy) is 1. The van der Waals surface area contributed by atoms with Crippen LogP contribution < -0.4 is 10.1 Å². The highest BCUT2D eigenvalue weighted by molar-refractivity contribution is 6.32. The summed E-state index contributed by atoms with van der Waals surface area (Å²) in [5, 5.41) is 2.59. The van der Waals surface area contributed by atoms with Crippen LogP contribution in [0.15, 0.2) is 42.5 Å². The predicted octanol–water partition coefficient (Wildman–Crippen LogP) is 3.31. The maximum atomic E-state index is 13.4. The van der Waals surface area contributed by atoms with Crippen LogP contribution in [0.1, 0.15) is 10.4 Å². The minimum absolute atomic E-state index is 0.0564. The Morgan fingerprint density at radius 3 is 2.71 bits per heavy atom. The Morgan fingerprint density at radius 2 is 2.00 bits per heavy atom. The molecule has 2 aromatic rings. The Balaban J connectivity index is 2.02. The van der Waals surface area contributed by atoms with Crippen LogP contribution in [0.2, 0.25) is 5.02 Å². The molecule has 108 valence electrons. The van der Waals surface area contributed by atoms with E-state index in [4.69, 9.17) is 16.3 Å². The second-order valence-electron chi connectivity index (χ2n) is 4.09. The highest BCUT2D eigenvalue weighted by atomic mass is 35.5. The van der Waals surface area contributed by atoms with Crippen molar-refractivity contribution < 1.29 is 18.7 Å². The molecule has 6 heteroatoms. The van der Waals surface area contributed by atoms with E-state index in [1.807, 2.05) is 0 Å². The van der Waals surface area contributed by atoms with Crippen LogP contribution in [-0.4, -0.2) is 18.8 Å². The Labute approximate surface area is 125 Å². The second kappa shape index (κ2) is 6.85. The van der Waals surface area contributed by atoms with E-state index in [9.17, 15) is 14.0 Å². The van der Waals surface area contributed by atoms with Gasteiger partial charge in [-0.05, 0) is 24.3 Å². The number of nitrogens with one attached hydrogen (secondary N) is 1. The number of carbonyl (C=O) groups excluding carboxylic acids is 2. The fourth-order valence-electron chi connectivity index (χ4n) is 1.66. The van der Waals surface area contributed by atoms with Crippen LogP contribution >= 0.6 is 11.6 Å². The molecular formula is C15H11ClFNO3. The number of para-hydroxylation sites is 2. The highest BCUT2D eigenvalue weighted by Crippen LogP contribution is 2.27. The van der Waals surface area contributed by atoms with Gasteiger partial charge in [0, 0.05) is 0 Å². The number of hydrogen-bond acceptors (Lipinski definition) is 3. The molecule has 0 atom stereocenters. The van der Waals surface area contributed by atoms with Crippen LogP contribution in [0.5, 0.6) is 5.75 Å². The van der Waals surface area contributed by atoms with Crippen LogP contribution in [0, 0.1) is 5.82 Å². The van der Waals surface area contributed by atoms with Crippen molar-refractivity contribution in [3.63, 3.8) is 0 Å². The predicted molar refractivity (Wildman–Crippen MR) is 77.4 cm³/mol. The quantitative estimate of drug-likeness (QED) is 0.862. The van der Waals surface area contributed by atoms with Gasteiger partial charge in [-0.3, -0.25) is 9.59 Å². The number of aldehydes is 1. The summed E-state index contributed by atoms with van der Waals surface area (Å²) in [6, 6.07) is 10.4. The summed E-state index contributed by atoms with van der Waals surface area (Å²) >= 11 is 5.90. The maximum absolute atomic E-state index is 13.4.